The fraction of sp³-hybridized carbons (Fsp3) is 0.300. The van der Waals surface area contributed by atoms with Crippen molar-refractivity contribution in [2.75, 3.05) is 10.6 Å². The lowest BCUT2D eigenvalue weighted by molar-refractivity contribution is -0.119. The molecule has 0 aromatic heterocycles. The van der Waals surface area contributed by atoms with Gasteiger partial charge in [-0.1, -0.05) is 49.2 Å². The van der Waals surface area contributed by atoms with Gasteiger partial charge in [-0.3, -0.25) is 9.59 Å². The predicted octanol–water partition coefficient (Wildman–Crippen LogP) is 4.00. The standard InChI is InChI=1S/C20H22N2O2/c23-19(13-15-7-2-1-3-8-15)21-17-11-6-12-18(14-17)22-20(24)16-9-4-5-10-16/h1-3,6-8,11-12,14,16H,4-5,9-10,13H2,(H,21,23)(H,22,24). The van der Waals surface area contributed by atoms with E-state index in [-0.39, 0.29) is 17.7 Å². The molecule has 3 rings (SSSR count). The fourth-order valence-corrected chi connectivity index (χ4v) is 3.09. The van der Waals surface area contributed by atoms with Gasteiger partial charge in [0.1, 0.15) is 0 Å². The molecule has 0 unspecified atom stereocenters. The second-order valence-corrected chi connectivity index (χ2v) is 6.26. The van der Waals surface area contributed by atoms with Crippen molar-refractivity contribution in [2.24, 2.45) is 5.92 Å². The molecule has 2 aromatic carbocycles. The molecule has 24 heavy (non-hydrogen) atoms. The van der Waals surface area contributed by atoms with E-state index < -0.39 is 0 Å². The molecule has 0 heterocycles. The number of carbonyl (C=O) groups is 2. The molecular formula is C20H22N2O2. The normalized spacial score (nSPS) is 14.3. The van der Waals surface area contributed by atoms with Crippen molar-refractivity contribution in [1.29, 1.82) is 0 Å². The van der Waals surface area contributed by atoms with Gasteiger partial charge >= 0.3 is 0 Å². The van der Waals surface area contributed by atoms with Crippen LogP contribution < -0.4 is 10.6 Å². The summed E-state index contributed by atoms with van der Waals surface area (Å²) in [6, 6.07) is 16.9. The van der Waals surface area contributed by atoms with Crippen molar-refractivity contribution >= 4 is 23.2 Å². The lowest BCUT2D eigenvalue weighted by atomic mass is 10.1. The number of nitrogens with one attached hydrogen (secondary N) is 2. The van der Waals surface area contributed by atoms with Crippen LogP contribution in [-0.2, 0) is 16.0 Å². The summed E-state index contributed by atoms with van der Waals surface area (Å²) in [6.07, 6.45) is 4.54. The summed E-state index contributed by atoms with van der Waals surface area (Å²) in [5.41, 5.74) is 2.39. The van der Waals surface area contributed by atoms with Crippen LogP contribution in [0.1, 0.15) is 31.2 Å². The molecule has 0 radical (unpaired) electrons. The second kappa shape index (κ2) is 7.77. The maximum absolute atomic E-state index is 12.2. The van der Waals surface area contributed by atoms with E-state index in [1.807, 2.05) is 48.5 Å². The van der Waals surface area contributed by atoms with Gasteiger partial charge in [0.25, 0.3) is 0 Å². The van der Waals surface area contributed by atoms with Gasteiger partial charge in [0, 0.05) is 17.3 Å². The first kappa shape index (κ1) is 16.2. The van der Waals surface area contributed by atoms with Crippen LogP contribution in [0.15, 0.2) is 54.6 Å². The molecule has 1 fully saturated rings. The van der Waals surface area contributed by atoms with E-state index in [1.165, 1.54) is 0 Å². The summed E-state index contributed by atoms with van der Waals surface area (Å²) >= 11 is 0. The molecule has 124 valence electrons. The summed E-state index contributed by atoms with van der Waals surface area (Å²) in [5, 5.41) is 5.84. The third-order valence-corrected chi connectivity index (χ3v) is 4.35. The van der Waals surface area contributed by atoms with Crippen molar-refractivity contribution in [3.63, 3.8) is 0 Å². The van der Waals surface area contributed by atoms with E-state index in [2.05, 4.69) is 10.6 Å². The number of benzene rings is 2. The number of carbonyl (C=O) groups excluding carboxylic acids is 2. The van der Waals surface area contributed by atoms with Gasteiger partial charge in [-0.05, 0) is 36.6 Å². The Bertz CT molecular complexity index is 707. The highest BCUT2D eigenvalue weighted by atomic mass is 16.2. The number of hydrogen-bond donors (Lipinski definition) is 2. The SMILES string of the molecule is O=C(Cc1ccccc1)Nc1cccc(NC(=O)C2CCCC2)c1. The van der Waals surface area contributed by atoms with Crippen molar-refractivity contribution < 1.29 is 9.59 Å². The van der Waals surface area contributed by atoms with Gasteiger partial charge in [-0.25, -0.2) is 0 Å². The topological polar surface area (TPSA) is 58.2 Å². The van der Waals surface area contributed by atoms with Crippen LogP contribution in [-0.4, -0.2) is 11.8 Å². The summed E-state index contributed by atoms with van der Waals surface area (Å²) in [7, 11) is 0. The smallest absolute Gasteiger partial charge is 0.228 e. The highest BCUT2D eigenvalue weighted by molar-refractivity contribution is 5.95. The number of amides is 2. The van der Waals surface area contributed by atoms with Gasteiger partial charge in [0.15, 0.2) is 0 Å². The van der Waals surface area contributed by atoms with Gasteiger partial charge in [-0.15, -0.1) is 0 Å². The zero-order valence-electron chi connectivity index (χ0n) is 13.6. The van der Waals surface area contributed by atoms with Gasteiger partial charge in [-0.2, -0.15) is 0 Å². The first-order chi connectivity index (χ1) is 11.7. The molecule has 1 aliphatic rings. The van der Waals surface area contributed by atoms with Crippen LogP contribution in [0, 0.1) is 5.92 Å². The molecule has 0 saturated heterocycles. The van der Waals surface area contributed by atoms with Crippen LogP contribution in [0.5, 0.6) is 0 Å². The highest BCUT2D eigenvalue weighted by Crippen LogP contribution is 2.26. The largest absolute Gasteiger partial charge is 0.326 e. The fourth-order valence-electron chi connectivity index (χ4n) is 3.09. The second-order valence-electron chi connectivity index (χ2n) is 6.26. The Hall–Kier alpha value is -2.62. The molecule has 1 aliphatic carbocycles. The lowest BCUT2D eigenvalue weighted by Crippen LogP contribution is -2.20. The minimum absolute atomic E-state index is 0.0690. The molecule has 4 heteroatoms. The Morgan fingerprint density at radius 2 is 1.54 bits per heavy atom. The Balaban J connectivity index is 1.58. The van der Waals surface area contributed by atoms with Crippen molar-refractivity contribution in [1.82, 2.24) is 0 Å². The lowest BCUT2D eigenvalue weighted by Gasteiger charge is -2.12. The van der Waals surface area contributed by atoms with E-state index in [0.717, 1.165) is 36.9 Å². The van der Waals surface area contributed by atoms with E-state index in [4.69, 9.17) is 0 Å². The maximum Gasteiger partial charge on any atom is 0.228 e. The number of anilines is 2. The summed E-state index contributed by atoms with van der Waals surface area (Å²) in [5.74, 6) is 0.141. The number of hydrogen-bond acceptors (Lipinski definition) is 2. The molecule has 1 saturated carbocycles. The minimum atomic E-state index is -0.0690. The Morgan fingerprint density at radius 1 is 0.875 bits per heavy atom. The quantitative estimate of drug-likeness (QED) is 0.874. The first-order valence-corrected chi connectivity index (χ1v) is 8.45. The maximum atomic E-state index is 12.2. The summed E-state index contributed by atoms with van der Waals surface area (Å²) in [4.78, 5) is 24.3. The third-order valence-electron chi connectivity index (χ3n) is 4.35. The molecule has 0 aliphatic heterocycles. The predicted molar refractivity (Wildman–Crippen MR) is 95.8 cm³/mol. The van der Waals surface area contributed by atoms with Crippen LogP contribution in [0.3, 0.4) is 0 Å². The van der Waals surface area contributed by atoms with Gasteiger partial charge < -0.3 is 10.6 Å². The number of rotatable bonds is 5. The molecular weight excluding hydrogens is 300 g/mol. The first-order valence-electron chi connectivity index (χ1n) is 8.45. The van der Waals surface area contributed by atoms with Crippen molar-refractivity contribution in [2.45, 2.75) is 32.1 Å². The van der Waals surface area contributed by atoms with E-state index in [9.17, 15) is 9.59 Å². The third kappa shape index (κ3) is 4.44. The van der Waals surface area contributed by atoms with E-state index in [1.54, 1.807) is 6.07 Å². The molecule has 0 spiro atoms. The highest BCUT2D eigenvalue weighted by Gasteiger charge is 2.22. The average molecular weight is 322 g/mol. The van der Waals surface area contributed by atoms with Crippen LogP contribution in [0.2, 0.25) is 0 Å². The molecule has 0 atom stereocenters. The van der Waals surface area contributed by atoms with E-state index in [0.29, 0.717) is 12.1 Å². The van der Waals surface area contributed by atoms with E-state index >= 15 is 0 Å². The van der Waals surface area contributed by atoms with Crippen LogP contribution in [0.25, 0.3) is 0 Å². The molecule has 2 amide bonds. The zero-order chi connectivity index (χ0) is 16.8. The zero-order valence-corrected chi connectivity index (χ0v) is 13.6. The Morgan fingerprint density at radius 3 is 2.25 bits per heavy atom. The summed E-state index contributed by atoms with van der Waals surface area (Å²) in [6.45, 7) is 0. The molecule has 4 nitrogen and oxygen atoms in total. The molecule has 2 aromatic rings. The van der Waals surface area contributed by atoms with Gasteiger partial charge in [0.2, 0.25) is 11.8 Å². The molecule has 2 N–H and O–H groups in total. The Labute approximate surface area is 142 Å². The van der Waals surface area contributed by atoms with Gasteiger partial charge in [0.05, 0.1) is 6.42 Å². The average Bonchev–Trinajstić information content (AvgIpc) is 3.10. The van der Waals surface area contributed by atoms with Crippen LogP contribution >= 0.6 is 0 Å². The van der Waals surface area contributed by atoms with Crippen LogP contribution in [0.4, 0.5) is 11.4 Å². The van der Waals surface area contributed by atoms with Crippen molar-refractivity contribution in [3.8, 4) is 0 Å². The monoisotopic (exact) mass is 322 g/mol. The summed E-state index contributed by atoms with van der Waals surface area (Å²) < 4.78 is 0. The molecule has 0 bridgehead atoms. The minimum Gasteiger partial charge on any atom is -0.326 e. The Kier molecular flexibility index (Phi) is 5.26. The van der Waals surface area contributed by atoms with Crippen molar-refractivity contribution in [3.05, 3.63) is 60.2 Å².